The zero-order valence-corrected chi connectivity index (χ0v) is 17.4. The summed E-state index contributed by atoms with van der Waals surface area (Å²) < 4.78 is 10.3. The predicted octanol–water partition coefficient (Wildman–Crippen LogP) is 4.08. The maximum atomic E-state index is 12.6. The second-order valence-corrected chi connectivity index (χ2v) is 7.61. The molecule has 2 amide bonds. The lowest BCUT2D eigenvalue weighted by molar-refractivity contribution is -0.118. The maximum Gasteiger partial charge on any atom is 0.418 e. The molecule has 4 rings (SSSR count). The van der Waals surface area contributed by atoms with Crippen LogP contribution in [0.5, 0.6) is 6.08 Å². The summed E-state index contributed by atoms with van der Waals surface area (Å²) in [6.45, 7) is -0.358. The molecule has 1 aliphatic carbocycles. The third-order valence-corrected chi connectivity index (χ3v) is 5.31. The fourth-order valence-electron chi connectivity index (χ4n) is 3.46. The van der Waals surface area contributed by atoms with Crippen LogP contribution in [0.2, 0.25) is 5.02 Å². The smallest absolute Gasteiger partial charge is 0.418 e. The second-order valence-electron chi connectivity index (χ2n) is 7.20. The molecule has 3 aromatic rings. The number of anilines is 1. The molecule has 1 aliphatic rings. The fourth-order valence-corrected chi connectivity index (χ4v) is 3.68. The van der Waals surface area contributed by atoms with E-state index >= 15 is 0 Å². The van der Waals surface area contributed by atoms with E-state index in [0.717, 1.165) is 25.7 Å². The first-order valence-corrected chi connectivity index (χ1v) is 10.4. The standard InChI is InChI=1S/C22H21ClN4O4/c23-17-11-5-3-9-15(17)20-26-22(31-27-20)30-13-19(28)25-18-12-6-4-10-16(18)21(29)24-14-7-1-2-8-14/h3-6,9-12,14H,1-2,7-8,13H2,(H,24,29)(H,25,28). The van der Waals surface area contributed by atoms with Gasteiger partial charge in [0.1, 0.15) is 0 Å². The average Bonchev–Trinajstić information content (AvgIpc) is 3.45. The highest BCUT2D eigenvalue weighted by Gasteiger charge is 2.20. The maximum absolute atomic E-state index is 12.6. The first kappa shape index (κ1) is 20.9. The summed E-state index contributed by atoms with van der Waals surface area (Å²) in [6.07, 6.45) is 4.05. The number of nitrogens with zero attached hydrogens (tertiary/aromatic N) is 2. The van der Waals surface area contributed by atoms with E-state index in [2.05, 4.69) is 20.8 Å². The van der Waals surface area contributed by atoms with Crippen molar-refractivity contribution in [3.63, 3.8) is 0 Å². The van der Waals surface area contributed by atoms with Crippen LogP contribution in [0, 0.1) is 0 Å². The van der Waals surface area contributed by atoms with Crippen molar-refractivity contribution in [3.8, 4) is 17.5 Å². The van der Waals surface area contributed by atoms with Gasteiger partial charge >= 0.3 is 6.08 Å². The van der Waals surface area contributed by atoms with Crippen molar-refractivity contribution in [2.75, 3.05) is 11.9 Å². The predicted molar refractivity (Wildman–Crippen MR) is 115 cm³/mol. The van der Waals surface area contributed by atoms with Gasteiger partial charge in [-0.15, -0.1) is 0 Å². The molecule has 1 fully saturated rings. The van der Waals surface area contributed by atoms with Gasteiger partial charge in [0.25, 0.3) is 11.8 Å². The summed E-state index contributed by atoms with van der Waals surface area (Å²) in [5, 5.41) is 10.0. The molecular formula is C22H21ClN4O4. The van der Waals surface area contributed by atoms with Gasteiger partial charge in [-0.05, 0) is 37.1 Å². The van der Waals surface area contributed by atoms with Crippen molar-refractivity contribution >= 4 is 29.1 Å². The van der Waals surface area contributed by atoms with Crippen molar-refractivity contribution < 1.29 is 18.8 Å². The van der Waals surface area contributed by atoms with E-state index in [-0.39, 0.29) is 30.5 Å². The van der Waals surface area contributed by atoms with Crippen molar-refractivity contribution in [1.29, 1.82) is 0 Å². The number of carbonyl (C=O) groups excluding carboxylic acids is 2. The molecule has 0 spiro atoms. The molecule has 0 aliphatic heterocycles. The Hall–Kier alpha value is -3.39. The third kappa shape index (κ3) is 5.21. The van der Waals surface area contributed by atoms with Crippen LogP contribution < -0.4 is 15.4 Å². The van der Waals surface area contributed by atoms with E-state index in [9.17, 15) is 9.59 Å². The van der Waals surface area contributed by atoms with Gasteiger partial charge in [0.05, 0.1) is 16.3 Å². The molecule has 2 N–H and O–H groups in total. The van der Waals surface area contributed by atoms with Gasteiger partial charge in [-0.25, -0.2) is 0 Å². The number of benzene rings is 2. The number of rotatable bonds is 7. The molecule has 0 bridgehead atoms. The van der Waals surface area contributed by atoms with E-state index in [1.54, 1.807) is 48.5 Å². The number of hydrogen-bond acceptors (Lipinski definition) is 6. The molecule has 0 unspecified atom stereocenters. The highest BCUT2D eigenvalue weighted by molar-refractivity contribution is 6.33. The van der Waals surface area contributed by atoms with Gasteiger partial charge < -0.3 is 15.4 Å². The number of hydrogen-bond donors (Lipinski definition) is 2. The topological polar surface area (TPSA) is 106 Å². The minimum atomic E-state index is -0.460. The molecule has 0 radical (unpaired) electrons. The Balaban J connectivity index is 1.35. The molecule has 1 aromatic heterocycles. The lowest BCUT2D eigenvalue weighted by atomic mass is 10.1. The summed E-state index contributed by atoms with van der Waals surface area (Å²) in [5.74, 6) is -0.404. The van der Waals surface area contributed by atoms with Crippen LogP contribution in [0.1, 0.15) is 36.0 Å². The molecule has 31 heavy (non-hydrogen) atoms. The van der Waals surface area contributed by atoms with Gasteiger partial charge in [0, 0.05) is 11.6 Å². The van der Waals surface area contributed by atoms with Crippen LogP contribution in [0.25, 0.3) is 11.4 Å². The van der Waals surface area contributed by atoms with Gasteiger partial charge in [0.15, 0.2) is 6.61 Å². The minimum absolute atomic E-state index is 0.155. The van der Waals surface area contributed by atoms with E-state index < -0.39 is 5.91 Å². The molecule has 1 saturated carbocycles. The van der Waals surface area contributed by atoms with E-state index in [1.165, 1.54) is 0 Å². The monoisotopic (exact) mass is 440 g/mol. The molecular weight excluding hydrogens is 420 g/mol. The zero-order chi connectivity index (χ0) is 21.6. The Kier molecular flexibility index (Phi) is 6.47. The van der Waals surface area contributed by atoms with Crippen molar-refractivity contribution in [3.05, 3.63) is 59.1 Å². The Bertz CT molecular complexity index is 1080. The largest absolute Gasteiger partial charge is 0.439 e. The molecule has 160 valence electrons. The van der Waals surface area contributed by atoms with Crippen LogP contribution in [-0.4, -0.2) is 34.6 Å². The van der Waals surface area contributed by atoms with Gasteiger partial charge in [-0.3, -0.25) is 14.1 Å². The highest BCUT2D eigenvalue weighted by Crippen LogP contribution is 2.26. The Morgan fingerprint density at radius 3 is 2.65 bits per heavy atom. The average molecular weight is 441 g/mol. The summed E-state index contributed by atoms with van der Waals surface area (Å²) >= 11 is 6.12. The Morgan fingerprint density at radius 1 is 1.10 bits per heavy atom. The molecule has 0 saturated heterocycles. The Labute approximate surface area is 183 Å². The van der Waals surface area contributed by atoms with E-state index in [0.29, 0.717) is 21.8 Å². The molecule has 1 heterocycles. The Morgan fingerprint density at radius 2 is 1.84 bits per heavy atom. The lowest BCUT2D eigenvalue weighted by Crippen LogP contribution is -2.33. The number of halogens is 1. The molecule has 2 aromatic carbocycles. The summed E-state index contributed by atoms with van der Waals surface area (Å²) in [7, 11) is 0. The van der Waals surface area contributed by atoms with Crippen molar-refractivity contribution in [2.45, 2.75) is 31.7 Å². The number of ether oxygens (including phenoxy) is 1. The number of nitrogens with one attached hydrogen (secondary N) is 2. The SMILES string of the molecule is O=C(COc1nc(-c2ccccc2Cl)no1)Nc1ccccc1C(=O)NC1CCCC1. The summed E-state index contributed by atoms with van der Waals surface area (Å²) in [5.41, 5.74) is 1.41. The van der Waals surface area contributed by atoms with Gasteiger partial charge in [-0.1, -0.05) is 53.9 Å². The van der Waals surface area contributed by atoms with Crippen LogP contribution in [0.3, 0.4) is 0 Å². The molecule has 8 nitrogen and oxygen atoms in total. The summed E-state index contributed by atoms with van der Waals surface area (Å²) in [4.78, 5) is 29.1. The van der Waals surface area contributed by atoms with E-state index in [4.69, 9.17) is 20.9 Å². The van der Waals surface area contributed by atoms with Crippen molar-refractivity contribution in [2.24, 2.45) is 0 Å². The minimum Gasteiger partial charge on any atom is -0.439 e. The van der Waals surface area contributed by atoms with Crippen LogP contribution in [0.4, 0.5) is 5.69 Å². The quantitative estimate of drug-likeness (QED) is 0.573. The number of carbonyl (C=O) groups is 2. The summed E-state index contributed by atoms with van der Waals surface area (Å²) in [6, 6.07) is 14.1. The van der Waals surface area contributed by atoms with Crippen LogP contribution >= 0.6 is 11.6 Å². The lowest BCUT2D eigenvalue weighted by Gasteiger charge is -2.14. The normalized spacial score (nSPS) is 13.7. The van der Waals surface area contributed by atoms with E-state index in [1.807, 2.05) is 0 Å². The van der Waals surface area contributed by atoms with Crippen LogP contribution in [0.15, 0.2) is 53.1 Å². The first-order valence-electron chi connectivity index (χ1n) is 10.0. The molecule has 0 atom stereocenters. The number of amides is 2. The van der Waals surface area contributed by atoms with Gasteiger partial charge in [0.2, 0.25) is 5.82 Å². The van der Waals surface area contributed by atoms with Gasteiger partial charge in [-0.2, -0.15) is 4.98 Å². The zero-order valence-electron chi connectivity index (χ0n) is 16.6. The number of para-hydroxylation sites is 1. The number of aromatic nitrogens is 2. The fraction of sp³-hybridized carbons (Fsp3) is 0.273. The third-order valence-electron chi connectivity index (χ3n) is 4.99. The molecule has 9 heteroatoms. The van der Waals surface area contributed by atoms with Crippen LogP contribution in [-0.2, 0) is 4.79 Å². The van der Waals surface area contributed by atoms with Crippen molar-refractivity contribution in [1.82, 2.24) is 15.5 Å². The highest BCUT2D eigenvalue weighted by atomic mass is 35.5. The first-order chi connectivity index (χ1) is 15.1. The second kappa shape index (κ2) is 9.61.